The summed E-state index contributed by atoms with van der Waals surface area (Å²) in [5.41, 5.74) is 0. The van der Waals surface area contributed by atoms with Crippen LogP contribution in [0.4, 0.5) is 17.8 Å². The molecule has 0 aromatic carbocycles. The molecule has 0 atom stereocenters. The summed E-state index contributed by atoms with van der Waals surface area (Å²) in [4.78, 5) is 14.1. The Kier molecular flexibility index (Phi) is 4.24. The summed E-state index contributed by atoms with van der Waals surface area (Å²) >= 11 is 0. The SMILES string of the molecule is CCCNc1nc(N(C)C)nc(N(C)O)n1. The van der Waals surface area contributed by atoms with E-state index in [0.717, 1.165) is 18.0 Å². The van der Waals surface area contributed by atoms with Gasteiger partial charge in [0, 0.05) is 27.7 Å². The van der Waals surface area contributed by atoms with E-state index < -0.39 is 0 Å². The molecular weight excluding hydrogens is 208 g/mol. The summed E-state index contributed by atoms with van der Waals surface area (Å²) in [6.07, 6.45) is 0.979. The van der Waals surface area contributed by atoms with Crippen molar-refractivity contribution in [1.29, 1.82) is 0 Å². The molecule has 0 aliphatic rings. The molecule has 0 unspecified atom stereocenters. The average molecular weight is 226 g/mol. The van der Waals surface area contributed by atoms with Gasteiger partial charge in [-0.2, -0.15) is 15.0 Å². The van der Waals surface area contributed by atoms with E-state index in [1.165, 1.54) is 7.05 Å². The van der Waals surface area contributed by atoms with Crippen LogP contribution in [-0.2, 0) is 0 Å². The van der Waals surface area contributed by atoms with Gasteiger partial charge in [0.25, 0.3) is 5.95 Å². The predicted octanol–water partition coefficient (Wildman–Crippen LogP) is 0.585. The van der Waals surface area contributed by atoms with Crippen LogP contribution in [0.2, 0.25) is 0 Å². The van der Waals surface area contributed by atoms with Crippen molar-refractivity contribution < 1.29 is 5.21 Å². The molecule has 0 amide bonds. The molecule has 0 aliphatic carbocycles. The van der Waals surface area contributed by atoms with E-state index in [1.807, 2.05) is 14.1 Å². The maximum Gasteiger partial charge on any atom is 0.255 e. The highest BCUT2D eigenvalue weighted by molar-refractivity contribution is 5.42. The topological polar surface area (TPSA) is 77.4 Å². The van der Waals surface area contributed by atoms with E-state index in [9.17, 15) is 5.21 Å². The molecule has 0 saturated heterocycles. The first kappa shape index (κ1) is 12.4. The summed E-state index contributed by atoms with van der Waals surface area (Å²) in [5, 5.41) is 13.2. The summed E-state index contributed by atoms with van der Waals surface area (Å²) in [5.74, 6) is 1.19. The van der Waals surface area contributed by atoms with Gasteiger partial charge in [0.2, 0.25) is 11.9 Å². The van der Waals surface area contributed by atoms with E-state index in [1.54, 1.807) is 4.90 Å². The maximum absolute atomic E-state index is 9.31. The molecule has 0 fully saturated rings. The van der Waals surface area contributed by atoms with Gasteiger partial charge in [0.15, 0.2) is 0 Å². The first-order chi connectivity index (χ1) is 7.54. The second kappa shape index (κ2) is 5.45. The Bertz CT molecular complexity index is 315. The predicted molar refractivity (Wildman–Crippen MR) is 63.1 cm³/mol. The average Bonchev–Trinajstić information content (AvgIpc) is 2.25. The van der Waals surface area contributed by atoms with Crippen molar-refractivity contribution in [2.75, 3.05) is 43.0 Å². The number of nitrogens with one attached hydrogen (secondary N) is 1. The molecule has 0 aliphatic heterocycles. The fourth-order valence-corrected chi connectivity index (χ4v) is 1.01. The summed E-state index contributed by atoms with van der Waals surface area (Å²) in [7, 11) is 5.14. The van der Waals surface area contributed by atoms with Gasteiger partial charge in [-0.25, -0.2) is 5.06 Å². The lowest BCUT2D eigenvalue weighted by molar-refractivity contribution is 0.272. The van der Waals surface area contributed by atoms with Crippen molar-refractivity contribution in [1.82, 2.24) is 15.0 Å². The van der Waals surface area contributed by atoms with E-state index in [0.29, 0.717) is 11.9 Å². The van der Waals surface area contributed by atoms with Gasteiger partial charge in [0.05, 0.1) is 0 Å². The zero-order valence-electron chi connectivity index (χ0n) is 10.1. The van der Waals surface area contributed by atoms with Crippen LogP contribution < -0.4 is 15.3 Å². The van der Waals surface area contributed by atoms with Crippen LogP contribution in [0.25, 0.3) is 0 Å². The Morgan fingerprint density at radius 2 is 1.75 bits per heavy atom. The van der Waals surface area contributed by atoms with Crippen LogP contribution >= 0.6 is 0 Å². The summed E-state index contributed by atoms with van der Waals surface area (Å²) in [6.45, 7) is 2.84. The van der Waals surface area contributed by atoms with Gasteiger partial charge >= 0.3 is 0 Å². The molecule has 0 bridgehead atoms. The zero-order chi connectivity index (χ0) is 12.1. The van der Waals surface area contributed by atoms with Gasteiger partial charge < -0.3 is 10.2 Å². The van der Waals surface area contributed by atoms with Crippen molar-refractivity contribution in [3.05, 3.63) is 0 Å². The quantitative estimate of drug-likeness (QED) is 0.711. The van der Waals surface area contributed by atoms with Gasteiger partial charge in [0.1, 0.15) is 0 Å². The fourth-order valence-electron chi connectivity index (χ4n) is 1.01. The van der Waals surface area contributed by atoms with Gasteiger partial charge in [-0.15, -0.1) is 0 Å². The molecular formula is C9H18N6O. The third-order valence-electron chi connectivity index (χ3n) is 1.83. The molecule has 1 aromatic heterocycles. The van der Waals surface area contributed by atoms with E-state index in [-0.39, 0.29) is 5.95 Å². The summed E-state index contributed by atoms with van der Waals surface area (Å²) < 4.78 is 0. The van der Waals surface area contributed by atoms with E-state index in [2.05, 4.69) is 27.2 Å². The largest absolute Gasteiger partial charge is 0.354 e. The molecule has 1 rings (SSSR count). The first-order valence-electron chi connectivity index (χ1n) is 5.14. The molecule has 0 radical (unpaired) electrons. The van der Waals surface area contributed by atoms with Crippen LogP contribution in [0.15, 0.2) is 0 Å². The van der Waals surface area contributed by atoms with Gasteiger partial charge in [-0.05, 0) is 6.42 Å². The number of hydrogen-bond donors (Lipinski definition) is 2. The maximum atomic E-state index is 9.31. The van der Waals surface area contributed by atoms with Crippen molar-refractivity contribution in [2.24, 2.45) is 0 Å². The second-order valence-electron chi connectivity index (χ2n) is 3.60. The van der Waals surface area contributed by atoms with Gasteiger partial charge in [-0.3, -0.25) is 5.21 Å². The molecule has 1 heterocycles. The van der Waals surface area contributed by atoms with Crippen LogP contribution in [-0.4, -0.2) is 47.8 Å². The van der Waals surface area contributed by atoms with Gasteiger partial charge in [-0.1, -0.05) is 6.92 Å². The third-order valence-corrected chi connectivity index (χ3v) is 1.83. The van der Waals surface area contributed by atoms with Crippen molar-refractivity contribution >= 4 is 17.8 Å². The van der Waals surface area contributed by atoms with Crippen LogP contribution in [0, 0.1) is 0 Å². The lowest BCUT2D eigenvalue weighted by atomic mass is 10.5. The van der Waals surface area contributed by atoms with Crippen LogP contribution in [0.1, 0.15) is 13.3 Å². The summed E-state index contributed by atoms with van der Waals surface area (Å²) in [6, 6.07) is 0. The fraction of sp³-hybridized carbons (Fsp3) is 0.667. The molecule has 7 nitrogen and oxygen atoms in total. The van der Waals surface area contributed by atoms with Crippen LogP contribution in [0.3, 0.4) is 0 Å². The number of hydroxylamine groups is 1. The Morgan fingerprint density at radius 1 is 1.12 bits per heavy atom. The molecule has 1 aromatic rings. The lowest BCUT2D eigenvalue weighted by Gasteiger charge is -2.15. The van der Waals surface area contributed by atoms with Crippen molar-refractivity contribution in [3.8, 4) is 0 Å². The first-order valence-corrected chi connectivity index (χ1v) is 5.14. The Hall–Kier alpha value is -1.63. The third kappa shape index (κ3) is 3.20. The minimum atomic E-state index is 0.220. The minimum Gasteiger partial charge on any atom is -0.354 e. The molecule has 0 spiro atoms. The molecule has 16 heavy (non-hydrogen) atoms. The highest BCUT2D eigenvalue weighted by Gasteiger charge is 2.09. The second-order valence-corrected chi connectivity index (χ2v) is 3.60. The minimum absolute atomic E-state index is 0.220. The van der Waals surface area contributed by atoms with Crippen molar-refractivity contribution in [2.45, 2.75) is 13.3 Å². The highest BCUT2D eigenvalue weighted by Crippen LogP contribution is 2.12. The number of rotatable bonds is 5. The van der Waals surface area contributed by atoms with Crippen LogP contribution in [0.5, 0.6) is 0 Å². The highest BCUT2D eigenvalue weighted by atomic mass is 16.5. The Balaban J connectivity index is 2.99. The molecule has 90 valence electrons. The van der Waals surface area contributed by atoms with Crippen molar-refractivity contribution in [3.63, 3.8) is 0 Å². The monoisotopic (exact) mass is 226 g/mol. The molecule has 0 saturated carbocycles. The number of anilines is 3. The smallest absolute Gasteiger partial charge is 0.255 e. The normalized spacial score (nSPS) is 10.1. The Labute approximate surface area is 95.1 Å². The number of nitrogens with zero attached hydrogens (tertiary/aromatic N) is 5. The van der Waals surface area contributed by atoms with E-state index in [4.69, 9.17) is 0 Å². The van der Waals surface area contributed by atoms with E-state index >= 15 is 0 Å². The lowest BCUT2D eigenvalue weighted by Crippen LogP contribution is -2.20. The zero-order valence-corrected chi connectivity index (χ0v) is 10.1. The molecule has 7 heteroatoms. The standard InChI is InChI=1S/C9H18N6O/c1-5-6-10-7-11-8(14(2)3)13-9(12-7)15(4)16/h16H,5-6H2,1-4H3,(H,10,11,12,13). The number of aromatic nitrogens is 3. The number of hydrogen-bond acceptors (Lipinski definition) is 7. The molecule has 2 N–H and O–H groups in total. The Morgan fingerprint density at radius 3 is 2.25 bits per heavy atom.